The van der Waals surface area contributed by atoms with Crippen molar-refractivity contribution in [3.8, 4) is 23.0 Å². The molecule has 3 aromatic carbocycles. The van der Waals surface area contributed by atoms with Gasteiger partial charge in [0.1, 0.15) is 17.1 Å². The van der Waals surface area contributed by atoms with Gasteiger partial charge in [-0.15, -0.1) is 0 Å². The van der Waals surface area contributed by atoms with Gasteiger partial charge in [-0.05, 0) is 60.2 Å². The molecule has 3 N–H and O–H groups in total. The minimum Gasteiger partial charge on any atom is -0.508 e. The fourth-order valence-corrected chi connectivity index (χ4v) is 3.97. The van der Waals surface area contributed by atoms with Crippen LogP contribution in [-0.4, -0.2) is 49.7 Å². The molecule has 0 saturated carbocycles. The van der Waals surface area contributed by atoms with E-state index >= 15 is 0 Å². The average Bonchev–Trinajstić information content (AvgIpc) is 2.91. The van der Waals surface area contributed by atoms with E-state index in [-0.39, 0.29) is 33.5 Å². The molecule has 0 atom stereocenters. The van der Waals surface area contributed by atoms with Gasteiger partial charge in [0.2, 0.25) is 0 Å². The van der Waals surface area contributed by atoms with Crippen molar-refractivity contribution in [2.75, 3.05) is 31.0 Å². The number of barbiturate groups is 1. The SMILES string of the molecule is COc1ccccc1NC(=O)COc1c(Cl)cc(/C=C2/C(=O)NC(=O)N(c3ccc(O)cc3)C2=O)cc1OC. The summed E-state index contributed by atoms with van der Waals surface area (Å²) in [5, 5.41) is 14.3. The molecule has 0 bridgehead atoms. The largest absolute Gasteiger partial charge is 0.508 e. The van der Waals surface area contributed by atoms with E-state index in [1.807, 2.05) is 0 Å². The summed E-state index contributed by atoms with van der Waals surface area (Å²) in [5.41, 5.74) is 0.565. The summed E-state index contributed by atoms with van der Waals surface area (Å²) in [5.74, 6) is -1.64. The molecule has 1 saturated heterocycles. The number of carbonyl (C=O) groups is 4. The number of hydrogen-bond acceptors (Lipinski definition) is 8. The number of imide groups is 2. The molecule has 3 aromatic rings. The number of nitrogens with zero attached hydrogens (tertiary/aromatic N) is 1. The van der Waals surface area contributed by atoms with Crippen LogP contribution in [0.4, 0.5) is 16.2 Å². The lowest BCUT2D eigenvalue weighted by atomic mass is 10.1. The predicted octanol–water partition coefficient (Wildman–Crippen LogP) is 3.75. The summed E-state index contributed by atoms with van der Waals surface area (Å²) in [7, 11) is 2.84. The van der Waals surface area contributed by atoms with E-state index in [1.54, 1.807) is 24.3 Å². The Morgan fingerprint density at radius 3 is 2.41 bits per heavy atom. The molecule has 1 heterocycles. The number of amides is 5. The fourth-order valence-electron chi connectivity index (χ4n) is 3.70. The molecule has 200 valence electrons. The Bertz CT molecular complexity index is 1490. The van der Waals surface area contributed by atoms with Crippen molar-refractivity contribution >= 4 is 52.8 Å². The maximum Gasteiger partial charge on any atom is 0.335 e. The lowest BCUT2D eigenvalue weighted by molar-refractivity contribution is -0.122. The van der Waals surface area contributed by atoms with Crippen LogP contribution in [0.25, 0.3) is 6.08 Å². The molecular formula is C27H22ClN3O8. The molecule has 11 nitrogen and oxygen atoms in total. The van der Waals surface area contributed by atoms with Gasteiger partial charge in [-0.1, -0.05) is 23.7 Å². The lowest BCUT2D eigenvalue weighted by Crippen LogP contribution is -2.54. The molecule has 0 unspecified atom stereocenters. The molecule has 1 aliphatic rings. The van der Waals surface area contributed by atoms with Crippen LogP contribution in [0, 0.1) is 0 Å². The highest BCUT2D eigenvalue weighted by Crippen LogP contribution is 2.37. The Kier molecular flexibility index (Phi) is 8.01. The second kappa shape index (κ2) is 11.6. The molecule has 39 heavy (non-hydrogen) atoms. The van der Waals surface area contributed by atoms with E-state index in [0.717, 1.165) is 4.90 Å². The number of carbonyl (C=O) groups excluding carboxylic acids is 4. The highest BCUT2D eigenvalue weighted by atomic mass is 35.5. The number of phenols is 1. The number of para-hydroxylation sites is 2. The Labute approximate surface area is 227 Å². The van der Waals surface area contributed by atoms with Crippen LogP contribution in [0.1, 0.15) is 5.56 Å². The minimum absolute atomic E-state index is 0.0430. The predicted molar refractivity (Wildman–Crippen MR) is 142 cm³/mol. The highest BCUT2D eigenvalue weighted by Gasteiger charge is 2.37. The zero-order valence-electron chi connectivity index (χ0n) is 20.7. The van der Waals surface area contributed by atoms with Gasteiger partial charge in [0.15, 0.2) is 18.1 Å². The van der Waals surface area contributed by atoms with Crippen LogP contribution in [0.15, 0.2) is 66.2 Å². The van der Waals surface area contributed by atoms with Gasteiger partial charge in [0.25, 0.3) is 17.7 Å². The number of hydrogen-bond donors (Lipinski definition) is 3. The van der Waals surface area contributed by atoms with E-state index in [0.29, 0.717) is 17.0 Å². The number of anilines is 2. The van der Waals surface area contributed by atoms with Crippen LogP contribution < -0.4 is 29.7 Å². The van der Waals surface area contributed by atoms with Crippen molar-refractivity contribution in [1.29, 1.82) is 0 Å². The third-order valence-corrected chi connectivity index (χ3v) is 5.78. The van der Waals surface area contributed by atoms with Gasteiger partial charge in [-0.25, -0.2) is 9.69 Å². The smallest absolute Gasteiger partial charge is 0.335 e. The Balaban J connectivity index is 1.55. The second-order valence-electron chi connectivity index (χ2n) is 8.05. The first-order valence-electron chi connectivity index (χ1n) is 11.4. The molecule has 4 rings (SSSR count). The monoisotopic (exact) mass is 551 g/mol. The minimum atomic E-state index is -0.932. The summed E-state index contributed by atoms with van der Waals surface area (Å²) in [6.07, 6.45) is 1.24. The zero-order valence-corrected chi connectivity index (χ0v) is 21.4. The molecule has 0 spiro atoms. The zero-order chi connectivity index (χ0) is 28.1. The van der Waals surface area contributed by atoms with Crippen LogP contribution in [-0.2, 0) is 14.4 Å². The summed E-state index contributed by atoms with van der Waals surface area (Å²) in [4.78, 5) is 51.2. The molecule has 5 amide bonds. The van der Waals surface area contributed by atoms with Gasteiger partial charge in [-0.2, -0.15) is 0 Å². The van der Waals surface area contributed by atoms with E-state index in [9.17, 15) is 24.3 Å². The van der Waals surface area contributed by atoms with Crippen molar-refractivity contribution in [1.82, 2.24) is 5.32 Å². The standard InChI is InChI=1S/C27H22ClN3O8/c1-37-21-6-4-3-5-20(21)29-23(33)14-39-24-19(28)12-15(13-22(24)38-2)11-18-25(34)30-27(36)31(26(18)35)16-7-9-17(32)10-8-16/h3-13,32H,14H2,1-2H3,(H,29,33)(H,30,34,36)/b18-11-. The molecule has 12 heteroatoms. The summed E-state index contributed by atoms with van der Waals surface area (Å²) < 4.78 is 16.2. The number of aromatic hydroxyl groups is 1. The van der Waals surface area contributed by atoms with Crippen molar-refractivity contribution in [2.45, 2.75) is 0 Å². The first-order valence-corrected chi connectivity index (χ1v) is 11.7. The van der Waals surface area contributed by atoms with Crippen molar-refractivity contribution < 1.29 is 38.5 Å². The maximum absolute atomic E-state index is 13.1. The van der Waals surface area contributed by atoms with Gasteiger partial charge < -0.3 is 24.6 Å². The number of methoxy groups -OCH3 is 2. The van der Waals surface area contributed by atoms with Crippen molar-refractivity contribution in [3.63, 3.8) is 0 Å². The molecule has 1 fully saturated rings. The van der Waals surface area contributed by atoms with E-state index < -0.39 is 30.4 Å². The van der Waals surface area contributed by atoms with Crippen LogP contribution >= 0.6 is 11.6 Å². The fraction of sp³-hybridized carbons (Fsp3) is 0.111. The highest BCUT2D eigenvalue weighted by molar-refractivity contribution is 6.39. The first kappa shape index (κ1) is 27.0. The van der Waals surface area contributed by atoms with Gasteiger partial charge >= 0.3 is 6.03 Å². The molecule has 0 aliphatic carbocycles. The second-order valence-corrected chi connectivity index (χ2v) is 8.45. The Morgan fingerprint density at radius 1 is 1.03 bits per heavy atom. The van der Waals surface area contributed by atoms with Gasteiger partial charge in [-0.3, -0.25) is 19.7 Å². The number of rotatable bonds is 8. The van der Waals surface area contributed by atoms with Crippen LogP contribution in [0.5, 0.6) is 23.0 Å². The van der Waals surface area contributed by atoms with Crippen molar-refractivity contribution in [2.24, 2.45) is 0 Å². The normalized spacial score (nSPS) is 14.2. The topological polar surface area (TPSA) is 143 Å². The number of ether oxygens (including phenoxy) is 3. The number of halogens is 1. The first-order chi connectivity index (χ1) is 18.7. The third kappa shape index (κ3) is 5.94. The molecule has 0 radical (unpaired) electrons. The van der Waals surface area contributed by atoms with E-state index in [4.69, 9.17) is 25.8 Å². The molecular weight excluding hydrogens is 530 g/mol. The van der Waals surface area contributed by atoms with Crippen LogP contribution in [0.2, 0.25) is 5.02 Å². The third-order valence-electron chi connectivity index (χ3n) is 5.50. The summed E-state index contributed by atoms with van der Waals surface area (Å²) >= 11 is 6.40. The summed E-state index contributed by atoms with van der Waals surface area (Å²) in [6.45, 7) is -0.404. The van der Waals surface area contributed by atoms with E-state index in [1.165, 1.54) is 56.7 Å². The molecule has 0 aromatic heterocycles. The number of benzene rings is 3. The summed E-state index contributed by atoms with van der Waals surface area (Å²) in [6, 6.07) is 14.1. The van der Waals surface area contributed by atoms with Gasteiger partial charge in [0, 0.05) is 0 Å². The number of nitrogens with one attached hydrogen (secondary N) is 2. The van der Waals surface area contributed by atoms with Gasteiger partial charge in [0.05, 0.1) is 30.6 Å². The van der Waals surface area contributed by atoms with E-state index in [2.05, 4.69) is 10.6 Å². The molecule has 1 aliphatic heterocycles. The number of urea groups is 1. The van der Waals surface area contributed by atoms with Crippen LogP contribution in [0.3, 0.4) is 0 Å². The Hall–Kier alpha value is -5.03. The quantitative estimate of drug-likeness (QED) is 0.284. The number of phenolic OH excluding ortho intramolecular Hbond substituents is 1. The Morgan fingerprint density at radius 2 is 1.72 bits per heavy atom. The average molecular weight is 552 g/mol. The lowest BCUT2D eigenvalue weighted by Gasteiger charge is -2.26. The maximum atomic E-state index is 13.1. The van der Waals surface area contributed by atoms with Crippen molar-refractivity contribution in [3.05, 3.63) is 76.8 Å².